The molecule has 0 saturated carbocycles. The molecule has 5 nitrogen and oxygen atoms in total. The van der Waals surface area contributed by atoms with Gasteiger partial charge in [0.05, 0.1) is 6.07 Å². The molecule has 0 aliphatic carbocycles. The predicted molar refractivity (Wildman–Crippen MR) is 66.7 cm³/mol. The summed E-state index contributed by atoms with van der Waals surface area (Å²) in [5.41, 5.74) is -0.858. The summed E-state index contributed by atoms with van der Waals surface area (Å²) in [5, 5.41) is 12.2. The van der Waals surface area contributed by atoms with Crippen molar-refractivity contribution >= 4 is 5.91 Å². The van der Waals surface area contributed by atoms with Gasteiger partial charge in [0, 0.05) is 26.3 Å². The number of ether oxygens (including phenoxy) is 1. The van der Waals surface area contributed by atoms with Crippen molar-refractivity contribution < 1.29 is 9.53 Å². The molecule has 2 saturated heterocycles. The molecule has 2 aliphatic rings. The van der Waals surface area contributed by atoms with E-state index >= 15 is 0 Å². The fraction of sp³-hybridized carbons (Fsp3) is 0.846. The van der Waals surface area contributed by atoms with Crippen LogP contribution >= 0.6 is 0 Å². The zero-order chi connectivity index (χ0) is 13.0. The van der Waals surface area contributed by atoms with E-state index in [1.54, 1.807) is 0 Å². The zero-order valence-corrected chi connectivity index (χ0v) is 10.9. The maximum absolute atomic E-state index is 12.2. The van der Waals surface area contributed by atoms with Crippen LogP contribution in [-0.4, -0.2) is 50.7 Å². The van der Waals surface area contributed by atoms with Crippen molar-refractivity contribution in [2.45, 2.75) is 19.3 Å². The van der Waals surface area contributed by atoms with Gasteiger partial charge >= 0.3 is 0 Å². The minimum atomic E-state index is -0.858. The third-order valence-corrected chi connectivity index (χ3v) is 4.04. The lowest BCUT2D eigenvalue weighted by atomic mass is 9.81. The molecule has 2 rings (SSSR count). The van der Waals surface area contributed by atoms with Crippen LogP contribution < -0.4 is 5.32 Å². The minimum absolute atomic E-state index is 0.108. The Hall–Kier alpha value is -1.12. The highest BCUT2D eigenvalue weighted by atomic mass is 16.5. The number of amides is 1. The van der Waals surface area contributed by atoms with Crippen molar-refractivity contribution in [3.05, 3.63) is 0 Å². The molecule has 1 atom stereocenters. The normalized spacial score (nSPS) is 27.7. The number of rotatable bonds is 3. The lowest BCUT2D eigenvalue weighted by Crippen LogP contribution is -2.45. The van der Waals surface area contributed by atoms with Crippen LogP contribution in [-0.2, 0) is 9.53 Å². The summed E-state index contributed by atoms with van der Waals surface area (Å²) in [6.45, 7) is 3.83. The third kappa shape index (κ3) is 2.82. The Morgan fingerprint density at radius 2 is 2.28 bits per heavy atom. The van der Waals surface area contributed by atoms with Crippen molar-refractivity contribution in [2.24, 2.45) is 11.3 Å². The number of likely N-dealkylation sites (tertiary alicyclic amines) is 1. The Bertz CT molecular complexity index is 345. The van der Waals surface area contributed by atoms with Crippen LogP contribution in [0.25, 0.3) is 0 Å². The summed E-state index contributed by atoms with van der Waals surface area (Å²) in [4.78, 5) is 14.5. The standard InChI is InChI=1S/C13H21N3O2/c1-16-5-2-11(9-16)8-15-12(17)13(10-14)3-6-18-7-4-13/h11H,2-9H2,1H3,(H,15,17). The van der Waals surface area contributed by atoms with Crippen molar-refractivity contribution in [1.29, 1.82) is 5.26 Å². The molecule has 0 aromatic rings. The third-order valence-electron chi connectivity index (χ3n) is 4.04. The summed E-state index contributed by atoms with van der Waals surface area (Å²) < 4.78 is 5.23. The van der Waals surface area contributed by atoms with E-state index in [1.807, 2.05) is 0 Å². The Balaban J connectivity index is 1.84. The lowest BCUT2D eigenvalue weighted by molar-refractivity contribution is -0.132. The molecule has 0 bridgehead atoms. The molecule has 0 spiro atoms. The summed E-state index contributed by atoms with van der Waals surface area (Å²) >= 11 is 0. The Labute approximate surface area is 108 Å². The number of nitrogens with one attached hydrogen (secondary N) is 1. The van der Waals surface area contributed by atoms with Crippen LogP contribution in [0.5, 0.6) is 0 Å². The summed E-state index contributed by atoms with van der Waals surface area (Å²) in [7, 11) is 2.09. The van der Waals surface area contributed by atoms with Gasteiger partial charge in [-0.15, -0.1) is 0 Å². The molecule has 0 aromatic heterocycles. The van der Waals surface area contributed by atoms with Crippen molar-refractivity contribution in [1.82, 2.24) is 10.2 Å². The molecule has 0 radical (unpaired) electrons. The Morgan fingerprint density at radius 3 is 2.83 bits per heavy atom. The molecule has 100 valence electrons. The maximum atomic E-state index is 12.2. The summed E-state index contributed by atoms with van der Waals surface area (Å²) in [6, 6.07) is 2.20. The molecule has 1 N–H and O–H groups in total. The quantitative estimate of drug-likeness (QED) is 0.787. The molecule has 2 aliphatic heterocycles. The van der Waals surface area contributed by atoms with E-state index in [0.717, 1.165) is 19.5 Å². The number of carbonyl (C=O) groups excluding carboxylic acids is 1. The number of hydrogen-bond donors (Lipinski definition) is 1. The van der Waals surface area contributed by atoms with Crippen LogP contribution in [0.3, 0.4) is 0 Å². The fourth-order valence-corrected chi connectivity index (χ4v) is 2.71. The number of hydrogen-bond acceptors (Lipinski definition) is 4. The van der Waals surface area contributed by atoms with Gasteiger partial charge in [-0.1, -0.05) is 0 Å². The van der Waals surface area contributed by atoms with Gasteiger partial charge in [0.2, 0.25) is 5.91 Å². The predicted octanol–water partition coefficient (Wildman–Crippen LogP) is 0.375. The Kier molecular flexibility index (Phi) is 4.20. The van der Waals surface area contributed by atoms with Gasteiger partial charge in [-0.05, 0) is 38.8 Å². The monoisotopic (exact) mass is 251 g/mol. The summed E-state index contributed by atoms with van der Waals surface area (Å²) in [6.07, 6.45) is 2.15. The first-order valence-electron chi connectivity index (χ1n) is 6.62. The average Bonchev–Trinajstić information content (AvgIpc) is 2.82. The molecule has 2 heterocycles. The molecule has 18 heavy (non-hydrogen) atoms. The topological polar surface area (TPSA) is 65.4 Å². The molecular weight excluding hydrogens is 230 g/mol. The average molecular weight is 251 g/mol. The molecule has 0 aromatic carbocycles. The van der Waals surface area contributed by atoms with Gasteiger partial charge in [-0.2, -0.15) is 5.26 Å². The van der Waals surface area contributed by atoms with Crippen molar-refractivity contribution in [2.75, 3.05) is 39.9 Å². The highest BCUT2D eigenvalue weighted by Gasteiger charge is 2.40. The van der Waals surface area contributed by atoms with Gasteiger partial charge in [0.1, 0.15) is 5.41 Å². The van der Waals surface area contributed by atoms with Gasteiger partial charge < -0.3 is 15.0 Å². The molecule has 1 unspecified atom stereocenters. The maximum Gasteiger partial charge on any atom is 0.240 e. The van der Waals surface area contributed by atoms with Crippen LogP contribution in [0.1, 0.15) is 19.3 Å². The fourth-order valence-electron chi connectivity index (χ4n) is 2.71. The number of carbonyl (C=O) groups is 1. The van der Waals surface area contributed by atoms with Crippen LogP contribution in [0, 0.1) is 22.7 Å². The van der Waals surface area contributed by atoms with Gasteiger partial charge in [-0.25, -0.2) is 0 Å². The van der Waals surface area contributed by atoms with E-state index in [9.17, 15) is 10.1 Å². The van der Waals surface area contributed by atoms with E-state index in [0.29, 0.717) is 38.5 Å². The highest BCUT2D eigenvalue weighted by Crippen LogP contribution is 2.30. The zero-order valence-electron chi connectivity index (χ0n) is 10.9. The Morgan fingerprint density at radius 1 is 1.56 bits per heavy atom. The second kappa shape index (κ2) is 5.68. The van der Waals surface area contributed by atoms with E-state index in [-0.39, 0.29) is 5.91 Å². The molecule has 5 heteroatoms. The minimum Gasteiger partial charge on any atom is -0.381 e. The van der Waals surface area contributed by atoms with E-state index < -0.39 is 5.41 Å². The van der Waals surface area contributed by atoms with E-state index in [1.165, 1.54) is 0 Å². The van der Waals surface area contributed by atoms with Crippen LogP contribution in [0.2, 0.25) is 0 Å². The largest absolute Gasteiger partial charge is 0.381 e. The first kappa shape index (κ1) is 13.3. The van der Waals surface area contributed by atoms with Gasteiger partial charge in [-0.3, -0.25) is 4.79 Å². The second-order valence-electron chi connectivity index (χ2n) is 5.43. The van der Waals surface area contributed by atoms with Crippen molar-refractivity contribution in [3.63, 3.8) is 0 Å². The second-order valence-corrected chi connectivity index (χ2v) is 5.43. The smallest absolute Gasteiger partial charge is 0.240 e. The SMILES string of the molecule is CN1CCC(CNC(=O)C2(C#N)CCOCC2)C1. The number of nitrogens with zero attached hydrogens (tertiary/aromatic N) is 2. The first-order chi connectivity index (χ1) is 8.66. The molecular formula is C13H21N3O2. The first-order valence-corrected chi connectivity index (χ1v) is 6.62. The summed E-state index contributed by atoms with van der Waals surface area (Å²) in [5.74, 6) is 0.414. The van der Waals surface area contributed by atoms with Crippen molar-refractivity contribution in [3.8, 4) is 6.07 Å². The van der Waals surface area contributed by atoms with E-state index in [2.05, 4.69) is 23.3 Å². The van der Waals surface area contributed by atoms with Crippen LogP contribution in [0.4, 0.5) is 0 Å². The molecule has 1 amide bonds. The van der Waals surface area contributed by atoms with Crippen LogP contribution in [0.15, 0.2) is 0 Å². The molecule has 2 fully saturated rings. The van der Waals surface area contributed by atoms with E-state index in [4.69, 9.17) is 4.74 Å². The van der Waals surface area contributed by atoms with Gasteiger partial charge in [0.25, 0.3) is 0 Å². The highest BCUT2D eigenvalue weighted by molar-refractivity contribution is 5.85. The lowest BCUT2D eigenvalue weighted by Gasteiger charge is -2.29. The van der Waals surface area contributed by atoms with Gasteiger partial charge in [0.15, 0.2) is 0 Å². The number of nitriles is 1.